The van der Waals surface area contributed by atoms with E-state index in [-0.39, 0.29) is 29.3 Å². The van der Waals surface area contributed by atoms with Gasteiger partial charge in [0.05, 0.1) is 0 Å². The van der Waals surface area contributed by atoms with Crippen molar-refractivity contribution in [3.63, 3.8) is 0 Å². The van der Waals surface area contributed by atoms with Crippen LogP contribution in [0, 0.1) is 11.8 Å². The van der Waals surface area contributed by atoms with Gasteiger partial charge in [-0.2, -0.15) is 0 Å². The van der Waals surface area contributed by atoms with Gasteiger partial charge in [-0.25, -0.2) is 0 Å². The minimum Gasteiger partial charge on any atom is -0.302 e. The quantitative estimate of drug-likeness (QED) is 0.534. The van der Waals surface area contributed by atoms with Crippen LogP contribution in [0.15, 0.2) is 72.3 Å². The summed E-state index contributed by atoms with van der Waals surface area (Å²) in [5.41, 5.74) is 3.74. The van der Waals surface area contributed by atoms with Crippen LogP contribution >= 0.6 is 0 Å². The van der Waals surface area contributed by atoms with Gasteiger partial charge in [-0.15, -0.1) is 0 Å². The molecule has 168 valence electrons. The number of carbonyl (C=O) groups is 2. The molecule has 32 heavy (non-hydrogen) atoms. The van der Waals surface area contributed by atoms with Crippen molar-refractivity contribution < 1.29 is 9.59 Å². The van der Waals surface area contributed by atoms with Gasteiger partial charge in [0.1, 0.15) is 5.78 Å². The molecule has 0 bridgehead atoms. The Balaban J connectivity index is 1.75. The zero-order chi connectivity index (χ0) is 22.5. The van der Waals surface area contributed by atoms with Crippen LogP contribution < -0.4 is 0 Å². The maximum Gasteiger partial charge on any atom is 0.156 e. The summed E-state index contributed by atoms with van der Waals surface area (Å²) in [6, 6.07) is 21.0. The lowest BCUT2D eigenvalue weighted by Crippen LogP contribution is -2.48. The molecule has 0 N–H and O–H groups in total. The Labute approximate surface area is 192 Å². The number of hydrogen-bond donors (Lipinski definition) is 0. The first-order valence-corrected chi connectivity index (χ1v) is 12.1. The van der Waals surface area contributed by atoms with Gasteiger partial charge >= 0.3 is 0 Å². The van der Waals surface area contributed by atoms with Crippen LogP contribution in [-0.4, -0.2) is 36.1 Å². The Hall–Kier alpha value is -2.52. The standard InChI is InChI=1S/C29H35NO2/c1-3-4-15-30-19-28(25(16-21(2)31)22-11-7-5-8-12-22)27-18-24(32)17-26(29(27)20-30)23-13-9-6-10-14-23/h5-14,18,25-26,28-29H,3-4,15-17,19-20H2,1-2H3. The summed E-state index contributed by atoms with van der Waals surface area (Å²) in [4.78, 5) is 27.9. The lowest BCUT2D eigenvalue weighted by molar-refractivity contribution is -0.117. The number of unbranched alkanes of at least 4 members (excludes halogenated alkanes) is 1. The number of ketones is 2. The van der Waals surface area contributed by atoms with E-state index >= 15 is 0 Å². The van der Waals surface area contributed by atoms with E-state index in [0.29, 0.717) is 18.8 Å². The van der Waals surface area contributed by atoms with Gasteiger partial charge in [0.25, 0.3) is 0 Å². The molecule has 0 saturated carbocycles. The van der Waals surface area contributed by atoms with Crippen molar-refractivity contribution in [2.75, 3.05) is 19.6 Å². The fraction of sp³-hybridized carbons (Fsp3) is 0.448. The number of fused-ring (bicyclic) bond motifs is 1. The molecule has 0 spiro atoms. The predicted octanol–water partition coefficient (Wildman–Crippen LogP) is 5.78. The average Bonchev–Trinajstić information content (AvgIpc) is 2.81. The van der Waals surface area contributed by atoms with Gasteiger partial charge in [0, 0.05) is 37.8 Å². The number of carbonyl (C=O) groups excluding carboxylic acids is 2. The SMILES string of the molecule is CCCCN1CC(C(CC(C)=O)c2ccccc2)C2=CC(=O)CC(c3ccccc3)C2C1. The third-order valence-electron chi connectivity index (χ3n) is 7.28. The van der Waals surface area contributed by atoms with E-state index in [1.54, 1.807) is 6.92 Å². The van der Waals surface area contributed by atoms with Crippen LogP contribution in [0.1, 0.15) is 62.5 Å². The van der Waals surface area contributed by atoms with Crippen LogP contribution in [0.25, 0.3) is 0 Å². The molecular formula is C29H35NO2. The maximum atomic E-state index is 12.9. The number of likely N-dealkylation sites (tertiary alicyclic amines) is 1. The molecule has 0 aromatic heterocycles. The first kappa shape index (κ1) is 22.7. The topological polar surface area (TPSA) is 37.4 Å². The van der Waals surface area contributed by atoms with Crippen LogP contribution in [0.5, 0.6) is 0 Å². The highest BCUT2D eigenvalue weighted by Crippen LogP contribution is 2.47. The number of hydrogen-bond acceptors (Lipinski definition) is 3. The minimum atomic E-state index is 0.106. The first-order chi connectivity index (χ1) is 15.6. The van der Waals surface area contributed by atoms with E-state index in [1.807, 2.05) is 18.2 Å². The summed E-state index contributed by atoms with van der Waals surface area (Å²) in [5.74, 6) is 1.27. The molecule has 1 saturated heterocycles. The molecular weight excluding hydrogens is 394 g/mol. The molecule has 4 rings (SSSR count). The van der Waals surface area contributed by atoms with E-state index in [4.69, 9.17) is 0 Å². The number of allylic oxidation sites excluding steroid dienone is 1. The van der Waals surface area contributed by atoms with Crippen molar-refractivity contribution in [2.24, 2.45) is 11.8 Å². The maximum absolute atomic E-state index is 12.9. The molecule has 4 atom stereocenters. The monoisotopic (exact) mass is 429 g/mol. The summed E-state index contributed by atoms with van der Waals surface area (Å²) in [5, 5.41) is 0. The van der Waals surface area contributed by atoms with E-state index in [2.05, 4.69) is 60.4 Å². The lowest BCUT2D eigenvalue weighted by Gasteiger charge is -2.47. The minimum absolute atomic E-state index is 0.106. The zero-order valence-electron chi connectivity index (χ0n) is 19.4. The zero-order valence-corrected chi connectivity index (χ0v) is 19.4. The van der Waals surface area contributed by atoms with Crippen LogP contribution in [-0.2, 0) is 9.59 Å². The predicted molar refractivity (Wildman–Crippen MR) is 130 cm³/mol. The summed E-state index contributed by atoms with van der Waals surface area (Å²) < 4.78 is 0. The molecule has 3 heteroatoms. The fourth-order valence-electron chi connectivity index (χ4n) is 5.77. The largest absolute Gasteiger partial charge is 0.302 e. The third kappa shape index (κ3) is 5.10. The Kier molecular flexibility index (Phi) is 7.36. The molecule has 1 aliphatic carbocycles. The van der Waals surface area contributed by atoms with E-state index in [9.17, 15) is 9.59 Å². The van der Waals surface area contributed by atoms with Crippen molar-refractivity contribution >= 4 is 11.6 Å². The molecule has 2 aromatic rings. The van der Waals surface area contributed by atoms with E-state index in [1.165, 1.54) is 29.5 Å². The van der Waals surface area contributed by atoms with Gasteiger partial charge in [0.2, 0.25) is 0 Å². The second-order valence-electron chi connectivity index (χ2n) is 9.58. The van der Waals surface area contributed by atoms with Gasteiger partial charge < -0.3 is 9.69 Å². The van der Waals surface area contributed by atoms with Crippen molar-refractivity contribution in [3.05, 3.63) is 83.4 Å². The number of nitrogens with zero attached hydrogens (tertiary/aromatic N) is 1. The summed E-state index contributed by atoms with van der Waals surface area (Å²) in [6.45, 7) is 6.92. The Morgan fingerprint density at radius 1 is 1.00 bits per heavy atom. The molecule has 4 unspecified atom stereocenters. The highest BCUT2D eigenvalue weighted by Gasteiger charge is 2.43. The first-order valence-electron chi connectivity index (χ1n) is 12.1. The Morgan fingerprint density at radius 3 is 2.34 bits per heavy atom. The van der Waals surface area contributed by atoms with Crippen LogP contribution in [0.3, 0.4) is 0 Å². The molecule has 1 aliphatic heterocycles. The van der Waals surface area contributed by atoms with Crippen LogP contribution in [0.4, 0.5) is 0 Å². The molecule has 2 aliphatic rings. The smallest absolute Gasteiger partial charge is 0.156 e. The molecule has 3 nitrogen and oxygen atoms in total. The average molecular weight is 430 g/mol. The molecule has 1 heterocycles. The molecule has 0 amide bonds. The molecule has 1 fully saturated rings. The number of rotatable bonds is 8. The molecule has 0 radical (unpaired) electrons. The van der Waals surface area contributed by atoms with Crippen molar-refractivity contribution in [1.29, 1.82) is 0 Å². The number of benzene rings is 2. The Bertz CT molecular complexity index is 950. The third-order valence-corrected chi connectivity index (χ3v) is 7.28. The van der Waals surface area contributed by atoms with Crippen molar-refractivity contribution in [3.8, 4) is 0 Å². The van der Waals surface area contributed by atoms with Gasteiger partial charge in [-0.3, -0.25) is 4.79 Å². The number of piperidine rings is 1. The summed E-state index contributed by atoms with van der Waals surface area (Å²) in [7, 11) is 0. The molecule has 2 aromatic carbocycles. The highest BCUT2D eigenvalue weighted by molar-refractivity contribution is 5.92. The van der Waals surface area contributed by atoms with Crippen molar-refractivity contribution in [2.45, 2.75) is 51.4 Å². The summed E-state index contributed by atoms with van der Waals surface area (Å²) in [6.07, 6.45) is 5.39. The van der Waals surface area contributed by atoms with E-state index in [0.717, 1.165) is 19.6 Å². The van der Waals surface area contributed by atoms with E-state index < -0.39 is 0 Å². The van der Waals surface area contributed by atoms with Gasteiger partial charge in [0.15, 0.2) is 5.78 Å². The van der Waals surface area contributed by atoms with Gasteiger partial charge in [-0.1, -0.05) is 79.6 Å². The Morgan fingerprint density at radius 2 is 1.69 bits per heavy atom. The second-order valence-corrected chi connectivity index (χ2v) is 9.58. The summed E-state index contributed by atoms with van der Waals surface area (Å²) >= 11 is 0. The highest BCUT2D eigenvalue weighted by atomic mass is 16.1. The fourth-order valence-corrected chi connectivity index (χ4v) is 5.77. The normalized spacial score (nSPS) is 24.5. The van der Waals surface area contributed by atoms with Crippen molar-refractivity contribution in [1.82, 2.24) is 4.90 Å². The van der Waals surface area contributed by atoms with Gasteiger partial charge in [-0.05, 0) is 48.9 Å². The second kappa shape index (κ2) is 10.4. The lowest BCUT2D eigenvalue weighted by atomic mass is 9.64. The van der Waals surface area contributed by atoms with Crippen LogP contribution in [0.2, 0.25) is 0 Å². The number of Topliss-reactive ketones (excluding diaryl/α,β-unsaturated/α-hetero) is 1.